The van der Waals surface area contributed by atoms with Crippen LogP contribution in [0.3, 0.4) is 0 Å². The van der Waals surface area contributed by atoms with Crippen LogP contribution < -0.4 is 21.4 Å². The summed E-state index contributed by atoms with van der Waals surface area (Å²) in [5.74, 6) is -0.277. The molecule has 8 nitrogen and oxygen atoms in total. The first-order valence-electron chi connectivity index (χ1n) is 10.6. The van der Waals surface area contributed by atoms with Crippen LogP contribution in [0.4, 0.5) is 14.9 Å². The van der Waals surface area contributed by atoms with Gasteiger partial charge < -0.3 is 25.1 Å². The summed E-state index contributed by atoms with van der Waals surface area (Å²) >= 11 is 0. The second-order valence-corrected chi connectivity index (χ2v) is 8.12. The molecule has 2 heterocycles. The van der Waals surface area contributed by atoms with Crippen molar-refractivity contribution < 1.29 is 22.9 Å². The molecule has 0 saturated carbocycles. The number of carbonyl (C=O) groups excluding carboxylic acids is 1. The van der Waals surface area contributed by atoms with Gasteiger partial charge in [0.2, 0.25) is 0 Å². The van der Waals surface area contributed by atoms with Crippen molar-refractivity contribution in [2.24, 2.45) is 0 Å². The molecule has 1 amide bonds. The van der Waals surface area contributed by atoms with Crippen molar-refractivity contribution in [2.45, 2.75) is 13.0 Å². The van der Waals surface area contributed by atoms with Gasteiger partial charge in [0.25, 0.3) is 0 Å². The minimum absolute atomic E-state index is 0.0296. The third kappa shape index (κ3) is 4.88. The topological polar surface area (TPSA) is 101 Å². The summed E-state index contributed by atoms with van der Waals surface area (Å²) in [6.07, 6.45) is 1.54. The second-order valence-electron chi connectivity index (χ2n) is 8.12. The summed E-state index contributed by atoms with van der Waals surface area (Å²) in [6, 6.07) is 9.68. The molecular formula is C24H26FN4O4+. The minimum atomic E-state index is -0.564. The van der Waals surface area contributed by atoms with Gasteiger partial charge in [-0.2, -0.15) is 0 Å². The third-order valence-corrected chi connectivity index (χ3v) is 5.57. The Kier molecular flexibility index (Phi) is 6.41. The van der Waals surface area contributed by atoms with Gasteiger partial charge in [-0.25, -0.2) is 18.6 Å². The van der Waals surface area contributed by atoms with Crippen molar-refractivity contribution in [3.05, 3.63) is 69.3 Å². The van der Waals surface area contributed by atoms with Crippen LogP contribution in [0.1, 0.15) is 16.7 Å². The molecule has 3 aromatic rings. The maximum absolute atomic E-state index is 14.6. The molecular weight excluding hydrogens is 427 g/mol. The van der Waals surface area contributed by atoms with E-state index in [2.05, 4.69) is 9.89 Å². The summed E-state index contributed by atoms with van der Waals surface area (Å²) in [6.45, 7) is 2.77. The van der Waals surface area contributed by atoms with Gasteiger partial charge in [0.1, 0.15) is 17.1 Å². The van der Waals surface area contributed by atoms with E-state index in [9.17, 15) is 14.0 Å². The summed E-state index contributed by atoms with van der Waals surface area (Å²) < 4.78 is 27.6. The number of anilines is 1. The van der Waals surface area contributed by atoms with E-state index in [0.717, 1.165) is 25.2 Å². The molecule has 0 radical (unpaired) electrons. The molecule has 172 valence electrons. The first-order chi connectivity index (χ1) is 15.8. The van der Waals surface area contributed by atoms with Gasteiger partial charge in [-0.05, 0) is 23.8 Å². The van der Waals surface area contributed by atoms with Crippen LogP contribution in [-0.4, -0.2) is 55.5 Å². The number of nitrogens with one attached hydrogen (secondary N) is 1. The molecule has 0 bridgehead atoms. The van der Waals surface area contributed by atoms with Gasteiger partial charge in [-0.1, -0.05) is 12.1 Å². The van der Waals surface area contributed by atoms with Crippen molar-refractivity contribution in [3.8, 4) is 5.75 Å². The predicted octanol–water partition coefficient (Wildman–Crippen LogP) is 2.35. The van der Waals surface area contributed by atoms with Gasteiger partial charge in [0.15, 0.2) is 19.3 Å². The Morgan fingerprint density at radius 2 is 2.09 bits per heavy atom. The summed E-state index contributed by atoms with van der Waals surface area (Å²) in [5.41, 5.74) is 6.93. The Morgan fingerprint density at radius 3 is 2.82 bits per heavy atom. The monoisotopic (exact) mass is 453 g/mol. The van der Waals surface area contributed by atoms with Gasteiger partial charge in [-0.15, -0.1) is 0 Å². The van der Waals surface area contributed by atoms with Crippen LogP contribution in [0.15, 0.2) is 45.6 Å². The number of nitrogen functional groups attached to an aromatic ring is 1. The molecule has 0 saturated heterocycles. The largest absolute Gasteiger partial charge is 0.422 e. The van der Waals surface area contributed by atoms with Crippen molar-refractivity contribution in [1.29, 1.82) is 0 Å². The molecule has 0 spiro atoms. The number of amides is 1. The average molecular weight is 453 g/mol. The molecule has 0 aliphatic carbocycles. The molecule has 3 N–H and O–H groups in total. The molecule has 9 heteroatoms. The van der Waals surface area contributed by atoms with Crippen LogP contribution in [0.2, 0.25) is 0 Å². The predicted molar refractivity (Wildman–Crippen MR) is 124 cm³/mol. The van der Waals surface area contributed by atoms with Crippen LogP contribution in [0.5, 0.6) is 5.75 Å². The minimum Gasteiger partial charge on any atom is -0.422 e. The normalized spacial score (nSPS) is 13.6. The first-order valence-corrected chi connectivity index (χ1v) is 10.6. The van der Waals surface area contributed by atoms with Crippen LogP contribution in [0, 0.1) is 5.82 Å². The number of halogens is 1. The fraction of sp³-hybridized carbons (Fsp3) is 0.292. The standard InChI is InChI=1S/C24H26FN4O4/c1-28(2)24(31)32-16-6-7-17-19(14-29-10-8-27-9-11-29)18(23(30)33-21(17)13-16)12-15-4-3-5-20(26)22(15)25/h3-7,10,13,27H,8-9,11-12,14,26H2,1-2H3/q+1. The average Bonchev–Trinajstić information content (AvgIpc) is 2.79. The van der Waals surface area contributed by atoms with Gasteiger partial charge in [-0.3, -0.25) is 0 Å². The highest BCUT2D eigenvalue weighted by Gasteiger charge is 2.22. The number of benzene rings is 2. The van der Waals surface area contributed by atoms with E-state index in [1.807, 2.05) is 6.21 Å². The lowest BCUT2D eigenvalue weighted by molar-refractivity contribution is -0.541. The Labute approximate surface area is 190 Å². The SMILES string of the molecule is CN(C)C(=O)Oc1ccc2c(C[N+]3=CCNCC3)c(Cc3cccc(N)c3F)c(=O)oc2c1. The Balaban J connectivity index is 1.83. The smallest absolute Gasteiger partial charge is 0.414 e. The highest BCUT2D eigenvalue weighted by atomic mass is 19.1. The number of hydrogen-bond acceptors (Lipinski definition) is 6. The maximum Gasteiger partial charge on any atom is 0.414 e. The number of hydrogen-bond donors (Lipinski definition) is 2. The Morgan fingerprint density at radius 1 is 1.27 bits per heavy atom. The lowest BCUT2D eigenvalue weighted by Crippen LogP contribution is -2.35. The number of fused-ring (bicyclic) bond motifs is 1. The molecule has 0 unspecified atom stereocenters. The van der Waals surface area contributed by atoms with E-state index in [1.54, 1.807) is 38.4 Å². The van der Waals surface area contributed by atoms with Crippen molar-refractivity contribution in [3.63, 3.8) is 0 Å². The van der Waals surface area contributed by atoms with Gasteiger partial charge in [0, 0.05) is 37.5 Å². The molecule has 2 aromatic carbocycles. The first kappa shape index (κ1) is 22.5. The lowest BCUT2D eigenvalue weighted by atomic mass is 9.97. The van der Waals surface area contributed by atoms with Crippen molar-refractivity contribution in [1.82, 2.24) is 10.2 Å². The molecule has 4 rings (SSSR count). The highest BCUT2D eigenvalue weighted by Crippen LogP contribution is 2.28. The fourth-order valence-electron chi connectivity index (χ4n) is 3.78. The van der Waals surface area contributed by atoms with E-state index >= 15 is 0 Å². The summed E-state index contributed by atoms with van der Waals surface area (Å²) in [4.78, 5) is 26.3. The zero-order chi connectivity index (χ0) is 23.5. The van der Waals surface area contributed by atoms with Gasteiger partial charge in [0.05, 0.1) is 24.3 Å². The number of rotatable bonds is 5. The highest BCUT2D eigenvalue weighted by molar-refractivity contribution is 5.83. The van der Waals surface area contributed by atoms with E-state index in [-0.39, 0.29) is 17.9 Å². The summed E-state index contributed by atoms with van der Waals surface area (Å²) in [7, 11) is 3.15. The molecule has 1 aliphatic rings. The Hall–Kier alpha value is -3.72. The quantitative estimate of drug-likeness (QED) is 0.350. The van der Waals surface area contributed by atoms with Crippen LogP contribution in [0.25, 0.3) is 11.0 Å². The van der Waals surface area contributed by atoms with E-state index < -0.39 is 17.5 Å². The van der Waals surface area contributed by atoms with Gasteiger partial charge >= 0.3 is 11.7 Å². The second kappa shape index (κ2) is 9.41. The van der Waals surface area contributed by atoms with Crippen molar-refractivity contribution >= 4 is 29.0 Å². The number of ether oxygens (including phenoxy) is 1. The van der Waals surface area contributed by atoms with E-state index in [0.29, 0.717) is 28.6 Å². The zero-order valence-corrected chi connectivity index (χ0v) is 18.6. The van der Waals surface area contributed by atoms with Crippen LogP contribution >= 0.6 is 0 Å². The zero-order valence-electron chi connectivity index (χ0n) is 18.6. The molecule has 0 atom stereocenters. The van der Waals surface area contributed by atoms with Crippen molar-refractivity contribution in [2.75, 3.05) is 39.5 Å². The van der Waals surface area contributed by atoms with E-state index in [1.165, 1.54) is 17.0 Å². The Bertz CT molecular complexity index is 1300. The third-order valence-electron chi connectivity index (χ3n) is 5.57. The molecule has 0 fully saturated rings. The maximum atomic E-state index is 14.6. The van der Waals surface area contributed by atoms with E-state index in [4.69, 9.17) is 14.9 Å². The fourth-order valence-corrected chi connectivity index (χ4v) is 3.78. The number of nitrogens with zero attached hydrogens (tertiary/aromatic N) is 2. The summed E-state index contributed by atoms with van der Waals surface area (Å²) in [5, 5.41) is 3.96. The number of carbonyl (C=O) groups is 1. The number of nitrogens with two attached hydrogens (primary N) is 1. The molecule has 1 aliphatic heterocycles. The molecule has 1 aromatic heterocycles. The molecule has 33 heavy (non-hydrogen) atoms. The lowest BCUT2D eigenvalue weighted by Gasteiger charge is -2.15. The van der Waals surface area contributed by atoms with Crippen LogP contribution in [-0.2, 0) is 13.0 Å².